The van der Waals surface area contributed by atoms with Gasteiger partial charge in [0.25, 0.3) is 0 Å². The standard InChI is InChI=1S/C17H17N3O/c1-12-17(14-5-3-2-4-6-14)21-16(20-12)11-15(18)13-7-9-19-10-8-13/h2-12,17H,18H2,1H3/b15-11-/t12-,17-/m1/s1. The molecule has 0 bridgehead atoms. The molecule has 4 nitrogen and oxygen atoms in total. The number of hydrogen-bond acceptors (Lipinski definition) is 4. The molecule has 0 spiro atoms. The van der Waals surface area contributed by atoms with Crippen LogP contribution >= 0.6 is 0 Å². The molecule has 1 aromatic heterocycles. The molecule has 0 aliphatic carbocycles. The average molecular weight is 279 g/mol. The van der Waals surface area contributed by atoms with E-state index in [1.807, 2.05) is 37.3 Å². The van der Waals surface area contributed by atoms with E-state index in [0.717, 1.165) is 11.1 Å². The summed E-state index contributed by atoms with van der Waals surface area (Å²) in [4.78, 5) is 8.51. The van der Waals surface area contributed by atoms with E-state index in [2.05, 4.69) is 22.1 Å². The Hall–Kier alpha value is -2.62. The molecule has 2 aromatic rings. The highest BCUT2D eigenvalue weighted by atomic mass is 16.5. The minimum atomic E-state index is -0.0531. The Morgan fingerprint density at radius 2 is 1.86 bits per heavy atom. The van der Waals surface area contributed by atoms with Crippen molar-refractivity contribution in [3.63, 3.8) is 0 Å². The van der Waals surface area contributed by atoms with Crippen LogP contribution in [0.2, 0.25) is 0 Å². The van der Waals surface area contributed by atoms with Gasteiger partial charge in [-0.15, -0.1) is 0 Å². The smallest absolute Gasteiger partial charge is 0.211 e. The molecule has 0 saturated heterocycles. The fourth-order valence-corrected chi connectivity index (χ4v) is 2.35. The maximum absolute atomic E-state index is 6.08. The van der Waals surface area contributed by atoms with Gasteiger partial charge in [-0.05, 0) is 24.6 Å². The van der Waals surface area contributed by atoms with Crippen LogP contribution in [0, 0.1) is 0 Å². The minimum absolute atomic E-state index is 0.0531. The molecular formula is C17H17N3O. The van der Waals surface area contributed by atoms with Gasteiger partial charge in [0.1, 0.15) is 6.10 Å². The van der Waals surface area contributed by atoms with Crippen LogP contribution in [0.1, 0.15) is 24.2 Å². The molecule has 1 aliphatic rings. The van der Waals surface area contributed by atoms with E-state index in [4.69, 9.17) is 10.5 Å². The summed E-state index contributed by atoms with van der Waals surface area (Å²) in [6.45, 7) is 2.04. The van der Waals surface area contributed by atoms with Crippen molar-refractivity contribution in [1.29, 1.82) is 0 Å². The van der Waals surface area contributed by atoms with Crippen molar-refractivity contribution in [2.45, 2.75) is 19.1 Å². The number of pyridine rings is 1. The normalized spacial score (nSPS) is 21.8. The Labute approximate surface area is 124 Å². The Morgan fingerprint density at radius 1 is 1.14 bits per heavy atom. The van der Waals surface area contributed by atoms with Gasteiger partial charge in [0, 0.05) is 29.7 Å². The summed E-state index contributed by atoms with van der Waals surface area (Å²) in [5.41, 5.74) is 8.73. The maximum Gasteiger partial charge on any atom is 0.211 e. The van der Waals surface area contributed by atoms with Crippen LogP contribution in [-0.2, 0) is 4.74 Å². The lowest BCUT2D eigenvalue weighted by molar-refractivity contribution is 0.203. The van der Waals surface area contributed by atoms with Gasteiger partial charge in [-0.2, -0.15) is 0 Å². The second-order valence-corrected chi connectivity index (χ2v) is 4.99. The molecule has 1 aliphatic heterocycles. The summed E-state index contributed by atoms with van der Waals surface area (Å²) >= 11 is 0. The van der Waals surface area contributed by atoms with Gasteiger partial charge in [0.2, 0.25) is 5.90 Å². The van der Waals surface area contributed by atoms with Gasteiger partial charge in [-0.1, -0.05) is 30.3 Å². The zero-order chi connectivity index (χ0) is 14.7. The molecule has 21 heavy (non-hydrogen) atoms. The number of nitrogens with two attached hydrogens (primary N) is 1. The van der Waals surface area contributed by atoms with Crippen molar-refractivity contribution in [2.75, 3.05) is 0 Å². The molecule has 0 fully saturated rings. The van der Waals surface area contributed by atoms with E-state index in [9.17, 15) is 0 Å². The highest BCUT2D eigenvalue weighted by molar-refractivity contribution is 5.95. The molecule has 2 atom stereocenters. The fraction of sp³-hybridized carbons (Fsp3) is 0.176. The van der Waals surface area contributed by atoms with Crippen LogP contribution in [0.5, 0.6) is 0 Å². The lowest BCUT2D eigenvalue weighted by atomic mass is 10.0. The van der Waals surface area contributed by atoms with E-state index in [1.54, 1.807) is 18.5 Å². The largest absolute Gasteiger partial charge is 0.467 e. The summed E-state index contributed by atoms with van der Waals surface area (Å²) in [6.07, 6.45) is 5.14. The minimum Gasteiger partial charge on any atom is -0.467 e. The van der Waals surface area contributed by atoms with Crippen LogP contribution in [-0.4, -0.2) is 16.9 Å². The first-order valence-corrected chi connectivity index (χ1v) is 6.91. The first-order chi connectivity index (χ1) is 10.2. The first-order valence-electron chi connectivity index (χ1n) is 6.91. The second-order valence-electron chi connectivity index (χ2n) is 4.99. The van der Waals surface area contributed by atoms with Crippen molar-refractivity contribution < 1.29 is 4.74 Å². The van der Waals surface area contributed by atoms with Crippen molar-refractivity contribution in [3.8, 4) is 0 Å². The molecule has 0 unspecified atom stereocenters. The number of ether oxygens (including phenoxy) is 1. The predicted molar refractivity (Wildman–Crippen MR) is 83.6 cm³/mol. The highest BCUT2D eigenvalue weighted by Gasteiger charge is 2.27. The van der Waals surface area contributed by atoms with Crippen LogP contribution in [0.3, 0.4) is 0 Å². The van der Waals surface area contributed by atoms with Gasteiger partial charge in [-0.25, -0.2) is 4.99 Å². The third-order valence-corrected chi connectivity index (χ3v) is 3.44. The molecule has 1 aromatic carbocycles. The molecular weight excluding hydrogens is 262 g/mol. The third-order valence-electron chi connectivity index (χ3n) is 3.44. The number of rotatable bonds is 3. The zero-order valence-electron chi connectivity index (χ0n) is 11.8. The van der Waals surface area contributed by atoms with Crippen LogP contribution in [0.4, 0.5) is 0 Å². The van der Waals surface area contributed by atoms with E-state index in [0.29, 0.717) is 11.6 Å². The maximum atomic E-state index is 6.08. The quantitative estimate of drug-likeness (QED) is 0.939. The lowest BCUT2D eigenvalue weighted by Gasteiger charge is -2.14. The number of benzene rings is 1. The number of aromatic nitrogens is 1. The molecule has 4 heteroatoms. The number of aliphatic imine (C=N–C) groups is 1. The molecule has 3 rings (SSSR count). The number of hydrogen-bond donors (Lipinski definition) is 1. The average Bonchev–Trinajstić information content (AvgIpc) is 2.89. The van der Waals surface area contributed by atoms with Gasteiger partial charge in [0.15, 0.2) is 0 Å². The van der Waals surface area contributed by atoms with E-state index >= 15 is 0 Å². The van der Waals surface area contributed by atoms with Gasteiger partial charge in [0.05, 0.1) is 6.04 Å². The SMILES string of the molecule is C[C@H]1N=C(/C=C(\N)c2ccncc2)O[C@H]1c1ccccc1. The van der Waals surface area contributed by atoms with Gasteiger partial charge in [-0.3, -0.25) is 4.98 Å². The summed E-state index contributed by atoms with van der Waals surface area (Å²) < 4.78 is 5.93. The van der Waals surface area contributed by atoms with Crippen LogP contribution < -0.4 is 5.73 Å². The Bertz CT molecular complexity index is 665. The van der Waals surface area contributed by atoms with Crippen molar-refractivity contribution >= 4 is 11.6 Å². The monoisotopic (exact) mass is 279 g/mol. The van der Waals surface area contributed by atoms with Gasteiger partial charge >= 0.3 is 0 Å². The van der Waals surface area contributed by atoms with Crippen LogP contribution in [0.15, 0.2) is 65.9 Å². The fourth-order valence-electron chi connectivity index (χ4n) is 2.35. The Kier molecular flexibility index (Phi) is 3.69. The van der Waals surface area contributed by atoms with Crippen molar-refractivity contribution in [3.05, 3.63) is 72.1 Å². The van der Waals surface area contributed by atoms with Crippen molar-refractivity contribution in [2.24, 2.45) is 10.7 Å². The summed E-state index contributed by atoms with van der Waals surface area (Å²) in [5, 5.41) is 0. The lowest BCUT2D eigenvalue weighted by Crippen LogP contribution is -2.10. The Balaban J connectivity index is 1.78. The predicted octanol–water partition coefficient (Wildman–Crippen LogP) is 2.94. The molecule has 2 heterocycles. The zero-order valence-corrected chi connectivity index (χ0v) is 11.8. The number of nitrogens with zero attached hydrogens (tertiary/aromatic N) is 2. The Morgan fingerprint density at radius 3 is 2.57 bits per heavy atom. The second kappa shape index (κ2) is 5.79. The van der Waals surface area contributed by atoms with E-state index in [1.165, 1.54) is 0 Å². The van der Waals surface area contributed by atoms with Crippen molar-refractivity contribution in [1.82, 2.24) is 4.98 Å². The summed E-state index contributed by atoms with van der Waals surface area (Å²) in [6, 6.07) is 13.9. The van der Waals surface area contributed by atoms with E-state index < -0.39 is 0 Å². The van der Waals surface area contributed by atoms with E-state index in [-0.39, 0.29) is 12.1 Å². The summed E-state index contributed by atoms with van der Waals surface area (Å²) in [5.74, 6) is 0.575. The molecule has 106 valence electrons. The highest BCUT2D eigenvalue weighted by Crippen LogP contribution is 2.29. The van der Waals surface area contributed by atoms with Crippen LogP contribution in [0.25, 0.3) is 5.70 Å². The molecule has 0 amide bonds. The summed E-state index contributed by atoms with van der Waals surface area (Å²) in [7, 11) is 0. The topological polar surface area (TPSA) is 60.5 Å². The first kappa shape index (κ1) is 13.4. The molecule has 2 N–H and O–H groups in total. The molecule has 0 saturated carbocycles. The molecule has 0 radical (unpaired) electrons. The third kappa shape index (κ3) is 2.94. The van der Waals surface area contributed by atoms with Gasteiger partial charge < -0.3 is 10.5 Å².